The van der Waals surface area contributed by atoms with Gasteiger partial charge in [0.25, 0.3) is 0 Å². The zero-order valence-corrected chi connectivity index (χ0v) is 10.4. The fraction of sp³-hybridized carbons (Fsp3) is 0.571. The number of benzene rings is 1. The Hall–Kier alpha value is -1.22. The van der Waals surface area contributed by atoms with E-state index in [4.69, 9.17) is 0 Å². The monoisotopic (exact) mass is 235 g/mol. The summed E-state index contributed by atoms with van der Waals surface area (Å²) >= 11 is 0. The molecule has 3 heteroatoms. The van der Waals surface area contributed by atoms with E-state index in [0.29, 0.717) is 6.04 Å². The van der Waals surface area contributed by atoms with Crippen molar-refractivity contribution in [1.82, 2.24) is 5.32 Å². The number of fused-ring (bicyclic) bond motifs is 1. The Morgan fingerprint density at radius 1 is 1.24 bits per heavy atom. The van der Waals surface area contributed by atoms with Crippen molar-refractivity contribution in [3.63, 3.8) is 0 Å². The quantitative estimate of drug-likeness (QED) is 0.554. The zero-order valence-electron chi connectivity index (χ0n) is 10.4. The molecule has 1 aliphatic rings. The van der Waals surface area contributed by atoms with Gasteiger partial charge in [-0.05, 0) is 55.5 Å². The van der Waals surface area contributed by atoms with Crippen LogP contribution in [0.15, 0.2) is 12.1 Å². The van der Waals surface area contributed by atoms with E-state index in [2.05, 4.69) is 12.2 Å². The molecule has 1 atom stereocenters. The predicted octanol–water partition coefficient (Wildman–Crippen LogP) is 2.34. The second-order valence-electron chi connectivity index (χ2n) is 4.86. The highest BCUT2D eigenvalue weighted by atomic mass is 16.3. The van der Waals surface area contributed by atoms with Crippen molar-refractivity contribution in [3.05, 3.63) is 23.3 Å². The third-order valence-corrected chi connectivity index (χ3v) is 3.49. The fourth-order valence-corrected chi connectivity index (χ4v) is 2.44. The lowest BCUT2D eigenvalue weighted by molar-refractivity contribution is 0.398. The molecule has 0 radical (unpaired) electrons. The molecule has 0 heterocycles. The second kappa shape index (κ2) is 5.41. The first-order chi connectivity index (χ1) is 8.20. The average molecular weight is 235 g/mol. The molecule has 94 valence electrons. The number of phenols is 2. The van der Waals surface area contributed by atoms with E-state index in [-0.39, 0.29) is 11.5 Å². The Bertz CT molecular complexity index is 390. The number of nitrogens with one attached hydrogen (secondary N) is 1. The minimum Gasteiger partial charge on any atom is -0.504 e. The molecule has 17 heavy (non-hydrogen) atoms. The molecule has 0 aromatic heterocycles. The van der Waals surface area contributed by atoms with E-state index in [9.17, 15) is 10.2 Å². The van der Waals surface area contributed by atoms with E-state index >= 15 is 0 Å². The van der Waals surface area contributed by atoms with Gasteiger partial charge in [0.05, 0.1) is 0 Å². The summed E-state index contributed by atoms with van der Waals surface area (Å²) in [6.45, 7) is 3.26. The number of rotatable bonds is 4. The molecular formula is C14H21NO2. The van der Waals surface area contributed by atoms with Crippen molar-refractivity contribution < 1.29 is 10.2 Å². The summed E-state index contributed by atoms with van der Waals surface area (Å²) in [7, 11) is 0. The predicted molar refractivity (Wildman–Crippen MR) is 68.5 cm³/mol. The Balaban J connectivity index is 2.00. The van der Waals surface area contributed by atoms with Gasteiger partial charge < -0.3 is 15.5 Å². The fourth-order valence-electron chi connectivity index (χ4n) is 2.44. The molecule has 1 unspecified atom stereocenters. The van der Waals surface area contributed by atoms with Gasteiger partial charge in [0, 0.05) is 6.04 Å². The maximum atomic E-state index is 9.51. The van der Waals surface area contributed by atoms with Crippen LogP contribution in [0.2, 0.25) is 0 Å². The molecule has 2 rings (SSSR count). The summed E-state index contributed by atoms with van der Waals surface area (Å²) in [6.07, 6.45) is 5.47. The summed E-state index contributed by atoms with van der Waals surface area (Å²) in [4.78, 5) is 0. The third kappa shape index (κ3) is 2.91. The Labute approximate surface area is 102 Å². The smallest absolute Gasteiger partial charge is 0.157 e. The van der Waals surface area contributed by atoms with Gasteiger partial charge in [-0.15, -0.1) is 0 Å². The highest BCUT2D eigenvalue weighted by Gasteiger charge is 2.19. The third-order valence-electron chi connectivity index (χ3n) is 3.49. The van der Waals surface area contributed by atoms with E-state index in [1.54, 1.807) is 12.1 Å². The van der Waals surface area contributed by atoms with Gasteiger partial charge in [0.2, 0.25) is 0 Å². The highest BCUT2D eigenvalue weighted by Crippen LogP contribution is 2.32. The van der Waals surface area contributed by atoms with Crippen LogP contribution in [0.4, 0.5) is 0 Å². The van der Waals surface area contributed by atoms with Crippen LogP contribution >= 0.6 is 0 Å². The van der Waals surface area contributed by atoms with Crippen LogP contribution in [0.1, 0.15) is 37.3 Å². The van der Waals surface area contributed by atoms with Gasteiger partial charge in [0.15, 0.2) is 11.5 Å². The number of aryl methyl sites for hydroxylation is 1. The summed E-state index contributed by atoms with van der Waals surface area (Å²) in [5.74, 6) is -0.000833. The van der Waals surface area contributed by atoms with Crippen LogP contribution in [0.3, 0.4) is 0 Å². The Morgan fingerprint density at radius 2 is 1.94 bits per heavy atom. The van der Waals surface area contributed by atoms with Gasteiger partial charge in [-0.3, -0.25) is 0 Å². The molecule has 0 spiro atoms. The summed E-state index contributed by atoms with van der Waals surface area (Å²) < 4.78 is 0. The first-order valence-corrected chi connectivity index (χ1v) is 6.47. The van der Waals surface area contributed by atoms with E-state index in [0.717, 1.165) is 25.8 Å². The van der Waals surface area contributed by atoms with Crippen molar-refractivity contribution in [1.29, 1.82) is 0 Å². The van der Waals surface area contributed by atoms with E-state index in [1.807, 2.05) is 0 Å². The Kier molecular flexibility index (Phi) is 3.89. The van der Waals surface area contributed by atoms with Crippen molar-refractivity contribution in [3.8, 4) is 11.5 Å². The van der Waals surface area contributed by atoms with Gasteiger partial charge in [0.1, 0.15) is 0 Å². The lowest BCUT2D eigenvalue weighted by Crippen LogP contribution is -2.35. The lowest BCUT2D eigenvalue weighted by Gasteiger charge is -2.26. The van der Waals surface area contributed by atoms with E-state index < -0.39 is 0 Å². The molecule has 0 saturated heterocycles. The van der Waals surface area contributed by atoms with Crippen LogP contribution < -0.4 is 5.32 Å². The largest absolute Gasteiger partial charge is 0.504 e. The molecule has 3 N–H and O–H groups in total. The number of hydrogen-bond donors (Lipinski definition) is 3. The van der Waals surface area contributed by atoms with Gasteiger partial charge in [-0.2, -0.15) is 0 Å². The number of phenolic OH excluding ortho intramolecular Hbond substituents is 2. The van der Waals surface area contributed by atoms with Crippen LogP contribution in [-0.4, -0.2) is 22.8 Å². The minimum absolute atomic E-state index is 0.00106. The van der Waals surface area contributed by atoms with Crippen molar-refractivity contribution in [2.24, 2.45) is 0 Å². The zero-order chi connectivity index (χ0) is 12.3. The molecule has 0 saturated carbocycles. The molecule has 0 amide bonds. The summed E-state index contributed by atoms with van der Waals surface area (Å²) in [6, 6.07) is 3.92. The van der Waals surface area contributed by atoms with Crippen molar-refractivity contribution in [2.45, 2.75) is 45.1 Å². The lowest BCUT2D eigenvalue weighted by atomic mass is 9.88. The minimum atomic E-state index is -0.00189. The highest BCUT2D eigenvalue weighted by molar-refractivity contribution is 5.46. The number of aromatic hydroxyl groups is 2. The van der Waals surface area contributed by atoms with Crippen LogP contribution in [0, 0.1) is 0 Å². The molecule has 0 fully saturated rings. The summed E-state index contributed by atoms with van der Waals surface area (Å²) in [5.41, 5.74) is 2.34. The molecule has 1 aliphatic carbocycles. The average Bonchev–Trinajstić information content (AvgIpc) is 2.31. The van der Waals surface area contributed by atoms with Crippen LogP contribution in [-0.2, 0) is 12.8 Å². The standard InChI is InChI=1S/C14H21NO2/c1-2-3-6-15-12-5-4-10-8-13(16)14(17)9-11(10)7-12/h8-9,12,15-17H,2-7H2,1H3. The maximum absolute atomic E-state index is 9.51. The van der Waals surface area contributed by atoms with Gasteiger partial charge in [-0.25, -0.2) is 0 Å². The Morgan fingerprint density at radius 3 is 2.65 bits per heavy atom. The second-order valence-corrected chi connectivity index (χ2v) is 4.86. The molecular weight excluding hydrogens is 214 g/mol. The number of hydrogen-bond acceptors (Lipinski definition) is 3. The normalized spacial score (nSPS) is 19.0. The van der Waals surface area contributed by atoms with Gasteiger partial charge >= 0.3 is 0 Å². The maximum Gasteiger partial charge on any atom is 0.157 e. The molecule has 1 aromatic rings. The first-order valence-electron chi connectivity index (χ1n) is 6.47. The summed E-state index contributed by atoms with van der Waals surface area (Å²) in [5, 5.41) is 22.5. The van der Waals surface area contributed by atoms with E-state index in [1.165, 1.54) is 24.0 Å². The molecule has 0 aliphatic heterocycles. The number of unbranched alkanes of at least 4 members (excludes halogenated alkanes) is 1. The molecule has 0 bridgehead atoms. The molecule has 3 nitrogen and oxygen atoms in total. The molecule has 1 aromatic carbocycles. The van der Waals surface area contributed by atoms with Crippen LogP contribution in [0.5, 0.6) is 11.5 Å². The van der Waals surface area contributed by atoms with Crippen molar-refractivity contribution in [2.75, 3.05) is 6.54 Å². The van der Waals surface area contributed by atoms with Crippen LogP contribution in [0.25, 0.3) is 0 Å². The first kappa shape index (κ1) is 12.2. The SMILES string of the molecule is CCCCNC1CCc2cc(O)c(O)cc2C1. The van der Waals surface area contributed by atoms with Crippen molar-refractivity contribution >= 4 is 0 Å². The topological polar surface area (TPSA) is 52.5 Å². The van der Waals surface area contributed by atoms with Gasteiger partial charge in [-0.1, -0.05) is 13.3 Å².